The third kappa shape index (κ3) is 4.29. The van der Waals surface area contributed by atoms with E-state index in [1.807, 2.05) is 13.8 Å². The lowest BCUT2D eigenvalue weighted by atomic mass is 10.1. The van der Waals surface area contributed by atoms with Crippen molar-refractivity contribution in [1.82, 2.24) is 9.29 Å². The minimum absolute atomic E-state index is 0.114. The van der Waals surface area contributed by atoms with Gasteiger partial charge in [0.15, 0.2) is 0 Å². The lowest BCUT2D eigenvalue weighted by Crippen LogP contribution is -2.44. The summed E-state index contributed by atoms with van der Waals surface area (Å²) in [5.41, 5.74) is 1.66. The van der Waals surface area contributed by atoms with Gasteiger partial charge in [-0.2, -0.15) is 4.31 Å². The number of nitrogens with zero attached hydrogens (tertiary/aromatic N) is 2. The molecule has 6 nitrogen and oxygen atoms in total. The Kier molecular flexibility index (Phi) is 6.12. The van der Waals surface area contributed by atoms with Crippen LogP contribution in [0, 0.1) is 0 Å². The van der Waals surface area contributed by atoms with Gasteiger partial charge in [0.05, 0.1) is 5.75 Å². The molecule has 1 aromatic rings. The minimum Gasteiger partial charge on any atom is -0.324 e. The monoisotopic (exact) mass is 339 g/mol. The van der Waals surface area contributed by atoms with E-state index in [4.69, 9.17) is 0 Å². The SMILES string of the molecule is CCCCS(=O)(=O)N1CCCC1C(=O)Nc1ccncc1CC. The van der Waals surface area contributed by atoms with Gasteiger partial charge < -0.3 is 5.32 Å². The van der Waals surface area contributed by atoms with Crippen molar-refractivity contribution in [3.63, 3.8) is 0 Å². The molecule has 0 aromatic carbocycles. The van der Waals surface area contributed by atoms with Gasteiger partial charge in [-0.15, -0.1) is 0 Å². The van der Waals surface area contributed by atoms with E-state index >= 15 is 0 Å². The largest absolute Gasteiger partial charge is 0.324 e. The van der Waals surface area contributed by atoms with E-state index in [2.05, 4.69) is 10.3 Å². The second-order valence-corrected chi connectivity index (χ2v) is 7.86. The molecule has 1 amide bonds. The fourth-order valence-corrected chi connectivity index (χ4v) is 4.71. The molecule has 0 aliphatic carbocycles. The van der Waals surface area contributed by atoms with Gasteiger partial charge in [0.25, 0.3) is 0 Å². The number of anilines is 1. The molecular weight excluding hydrogens is 314 g/mol. The van der Waals surface area contributed by atoms with Crippen LogP contribution in [0.1, 0.15) is 45.1 Å². The normalized spacial score (nSPS) is 19.0. The molecule has 1 atom stereocenters. The molecule has 1 saturated heterocycles. The first-order chi connectivity index (χ1) is 11.0. The summed E-state index contributed by atoms with van der Waals surface area (Å²) < 4.78 is 26.2. The number of aromatic nitrogens is 1. The summed E-state index contributed by atoms with van der Waals surface area (Å²) in [5, 5.41) is 2.88. The number of unbranched alkanes of at least 4 members (excludes halogenated alkanes) is 1. The van der Waals surface area contributed by atoms with Crippen LogP contribution in [0.3, 0.4) is 0 Å². The van der Waals surface area contributed by atoms with Crippen LogP contribution in [-0.2, 0) is 21.2 Å². The van der Waals surface area contributed by atoms with Gasteiger partial charge in [-0.25, -0.2) is 8.42 Å². The van der Waals surface area contributed by atoms with Crippen LogP contribution < -0.4 is 5.32 Å². The van der Waals surface area contributed by atoms with Crippen molar-refractivity contribution in [3.05, 3.63) is 24.0 Å². The first-order valence-electron chi connectivity index (χ1n) is 8.22. The number of amides is 1. The second kappa shape index (κ2) is 7.88. The molecule has 1 aliphatic rings. The molecule has 1 unspecified atom stereocenters. The second-order valence-electron chi connectivity index (χ2n) is 5.81. The van der Waals surface area contributed by atoms with Gasteiger partial charge in [-0.1, -0.05) is 20.3 Å². The van der Waals surface area contributed by atoms with Gasteiger partial charge in [0.1, 0.15) is 6.04 Å². The predicted molar refractivity (Wildman–Crippen MR) is 90.7 cm³/mol. The van der Waals surface area contributed by atoms with Crippen LogP contribution in [0.15, 0.2) is 18.5 Å². The van der Waals surface area contributed by atoms with Crippen LogP contribution in [-0.4, -0.2) is 42.0 Å². The Hall–Kier alpha value is -1.47. The van der Waals surface area contributed by atoms with Gasteiger partial charge in [0, 0.05) is 24.6 Å². The highest BCUT2D eigenvalue weighted by atomic mass is 32.2. The zero-order valence-electron chi connectivity index (χ0n) is 13.8. The third-order valence-electron chi connectivity index (χ3n) is 4.16. The third-order valence-corrected chi connectivity index (χ3v) is 6.12. The Bertz CT molecular complexity index is 646. The number of nitrogens with one attached hydrogen (secondary N) is 1. The first-order valence-corrected chi connectivity index (χ1v) is 9.83. The minimum atomic E-state index is -3.36. The summed E-state index contributed by atoms with van der Waals surface area (Å²) in [4.78, 5) is 16.6. The molecule has 0 radical (unpaired) electrons. The Morgan fingerprint density at radius 1 is 1.43 bits per heavy atom. The van der Waals surface area contributed by atoms with E-state index in [0.29, 0.717) is 25.1 Å². The van der Waals surface area contributed by atoms with E-state index in [9.17, 15) is 13.2 Å². The summed E-state index contributed by atoms with van der Waals surface area (Å²) >= 11 is 0. The molecule has 7 heteroatoms. The molecule has 128 valence electrons. The number of pyridine rings is 1. The van der Waals surface area contributed by atoms with Crippen molar-refractivity contribution in [3.8, 4) is 0 Å². The van der Waals surface area contributed by atoms with Crippen LogP contribution in [0.2, 0.25) is 0 Å². The van der Waals surface area contributed by atoms with E-state index in [0.717, 1.165) is 24.8 Å². The van der Waals surface area contributed by atoms with Gasteiger partial charge in [0.2, 0.25) is 15.9 Å². The van der Waals surface area contributed by atoms with Crippen molar-refractivity contribution >= 4 is 21.6 Å². The van der Waals surface area contributed by atoms with E-state index in [1.165, 1.54) is 4.31 Å². The van der Waals surface area contributed by atoms with Crippen LogP contribution in [0.5, 0.6) is 0 Å². The van der Waals surface area contributed by atoms with Crippen LogP contribution in [0.4, 0.5) is 5.69 Å². The van der Waals surface area contributed by atoms with E-state index in [-0.39, 0.29) is 11.7 Å². The van der Waals surface area contributed by atoms with Gasteiger partial charge >= 0.3 is 0 Å². The number of hydrogen-bond acceptors (Lipinski definition) is 4. The number of carbonyl (C=O) groups excluding carboxylic acids is 1. The van der Waals surface area contributed by atoms with Crippen molar-refractivity contribution in [1.29, 1.82) is 0 Å². The predicted octanol–water partition coefficient (Wildman–Crippen LogP) is 2.18. The first kappa shape index (κ1) is 17.9. The van der Waals surface area contributed by atoms with Crippen LogP contribution in [0.25, 0.3) is 0 Å². The maximum absolute atomic E-state index is 12.6. The molecule has 2 heterocycles. The summed E-state index contributed by atoms with van der Waals surface area (Å²) in [7, 11) is -3.36. The number of rotatable bonds is 7. The molecule has 0 bridgehead atoms. The highest BCUT2D eigenvalue weighted by molar-refractivity contribution is 7.89. The van der Waals surface area contributed by atoms with E-state index < -0.39 is 16.1 Å². The molecule has 1 aromatic heterocycles. The lowest BCUT2D eigenvalue weighted by Gasteiger charge is -2.23. The Morgan fingerprint density at radius 3 is 2.91 bits per heavy atom. The maximum Gasteiger partial charge on any atom is 0.242 e. The Labute approximate surface area is 138 Å². The zero-order chi connectivity index (χ0) is 16.9. The zero-order valence-corrected chi connectivity index (χ0v) is 14.6. The number of sulfonamides is 1. The van der Waals surface area contributed by atoms with Gasteiger partial charge in [-0.05, 0) is 37.3 Å². The smallest absolute Gasteiger partial charge is 0.242 e. The number of hydrogen-bond donors (Lipinski definition) is 1. The fraction of sp³-hybridized carbons (Fsp3) is 0.625. The average Bonchev–Trinajstić information content (AvgIpc) is 3.04. The standard InChI is InChI=1S/C16H25N3O3S/c1-3-5-11-23(21,22)19-10-6-7-15(19)16(20)18-14-8-9-17-12-13(14)4-2/h8-9,12,15H,3-7,10-11H2,1-2H3,(H,17,18,20). The molecular formula is C16H25N3O3S. The maximum atomic E-state index is 12.6. The van der Waals surface area contributed by atoms with Crippen molar-refractivity contribution in [2.75, 3.05) is 17.6 Å². The van der Waals surface area contributed by atoms with Crippen molar-refractivity contribution < 1.29 is 13.2 Å². The van der Waals surface area contributed by atoms with Crippen LogP contribution >= 0.6 is 0 Å². The van der Waals surface area contributed by atoms with Gasteiger partial charge in [-0.3, -0.25) is 9.78 Å². The molecule has 2 rings (SSSR count). The Morgan fingerprint density at radius 2 is 2.22 bits per heavy atom. The lowest BCUT2D eigenvalue weighted by molar-refractivity contribution is -0.119. The molecule has 0 saturated carbocycles. The molecule has 23 heavy (non-hydrogen) atoms. The molecule has 1 fully saturated rings. The average molecular weight is 339 g/mol. The fourth-order valence-electron chi connectivity index (χ4n) is 2.83. The summed E-state index contributed by atoms with van der Waals surface area (Å²) in [6.45, 7) is 4.38. The highest BCUT2D eigenvalue weighted by Crippen LogP contribution is 2.24. The summed E-state index contributed by atoms with van der Waals surface area (Å²) in [6.07, 6.45) is 6.84. The van der Waals surface area contributed by atoms with E-state index in [1.54, 1.807) is 18.5 Å². The highest BCUT2D eigenvalue weighted by Gasteiger charge is 2.38. The van der Waals surface area contributed by atoms with Crippen molar-refractivity contribution in [2.24, 2.45) is 0 Å². The quantitative estimate of drug-likeness (QED) is 0.826. The van der Waals surface area contributed by atoms with Crippen molar-refractivity contribution in [2.45, 2.75) is 52.0 Å². The molecule has 0 spiro atoms. The summed E-state index contributed by atoms with van der Waals surface area (Å²) in [5.74, 6) is -0.133. The molecule has 1 aliphatic heterocycles. The number of carbonyl (C=O) groups is 1. The summed E-state index contributed by atoms with van der Waals surface area (Å²) in [6, 6.07) is 1.15. The molecule has 1 N–H and O–H groups in total. The topological polar surface area (TPSA) is 79.4 Å². The Balaban J connectivity index is 2.12. The number of aryl methyl sites for hydroxylation is 1.